The first-order chi connectivity index (χ1) is 10.2. The maximum absolute atomic E-state index is 5.14. The number of nitrogens with one attached hydrogen (secondary N) is 2. The number of aliphatic imine (C=N–C) groups is 1. The Bertz CT molecular complexity index is 284. The van der Waals surface area contributed by atoms with Crippen molar-refractivity contribution in [2.45, 2.75) is 45.6 Å². The third-order valence-corrected chi connectivity index (χ3v) is 4.48. The standard InChI is InChI=1S/C16H34N4O/c1-5-14(6-2)13-18-16(17-3)19-15-7-9-20(10-8-15)11-12-21-4/h14-15H,5-13H2,1-4H3,(H2,17,18,19). The van der Waals surface area contributed by atoms with Gasteiger partial charge in [0, 0.05) is 46.4 Å². The van der Waals surface area contributed by atoms with Gasteiger partial charge in [0.15, 0.2) is 5.96 Å². The predicted octanol–water partition coefficient (Wildman–Crippen LogP) is 1.70. The summed E-state index contributed by atoms with van der Waals surface area (Å²) in [6.45, 7) is 9.68. The molecule has 124 valence electrons. The number of hydrogen-bond donors (Lipinski definition) is 2. The van der Waals surface area contributed by atoms with Gasteiger partial charge in [-0.1, -0.05) is 26.7 Å². The van der Waals surface area contributed by atoms with E-state index in [1.807, 2.05) is 7.05 Å². The largest absolute Gasteiger partial charge is 0.383 e. The van der Waals surface area contributed by atoms with E-state index in [4.69, 9.17) is 4.74 Å². The molecule has 1 saturated heterocycles. The summed E-state index contributed by atoms with van der Waals surface area (Å²) in [4.78, 5) is 6.83. The quantitative estimate of drug-likeness (QED) is 0.529. The lowest BCUT2D eigenvalue weighted by molar-refractivity contribution is 0.128. The normalized spacial score (nSPS) is 18.2. The average Bonchev–Trinajstić information content (AvgIpc) is 2.53. The highest BCUT2D eigenvalue weighted by molar-refractivity contribution is 5.79. The molecule has 1 heterocycles. The molecule has 5 heteroatoms. The van der Waals surface area contributed by atoms with Gasteiger partial charge in [0.1, 0.15) is 0 Å². The number of hydrogen-bond acceptors (Lipinski definition) is 3. The van der Waals surface area contributed by atoms with E-state index in [1.165, 1.54) is 25.7 Å². The number of nitrogens with zero attached hydrogens (tertiary/aromatic N) is 2. The molecule has 0 radical (unpaired) electrons. The first-order valence-electron chi connectivity index (χ1n) is 8.41. The minimum absolute atomic E-state index is 0.539. The van der Waals surface area contributed by atoms with E-state index < -0.39 is 0 Å². The molecular formula is C16H34N4O. The molecule has 2 N–H and O–H groups in total. The number of ether oxygens (including phenoxy) is 1. The topological polar surface area (TPSA) is 48.9 Å². The molecular weight excluding hydrogens is 264 g/mol. The number of rotatable bonds is 8. The summed E-state index contributed by atoms with van der Waals surface area (Å²) in [5.74, 6) is 1.69. The molecule has 0 spiro atoms. The van der Waals surface area contributed by atoms with Gasteiger partial charge in [-0.3, -0.25) is 4.99 Å². The average molecular weight is 298 g/mol. The second-order valence-corrected chi connectivity index (χ2v) is 5.89. The zero-order valence-electron chi connectivity index (χ0n) is 14.3. The van der Waals surface area contributed by atoms with Crippen molar-refractivity contribution in [3.63, 3.8) is 0 Å². The van der Waals surface area contributed by atoms with Crippen molar-refractivity contribution in [1.82, 2.24) is 15.5 Å². The Morgan fingerprint density at radius 1 is 1.29 bits per heavy atom. The van der Waals surface area contributed by atoms with Gasteiger partial charge in [-0.2, -0.15) is 0 Å². The Hall–Kier alpha value is -0.810. The fraction of sp³-hybridized carbons (Fsp3) is 0.938. The van der Waals surface area contributed by atoms with E-state index in [2.05, 4.69) is 34.4 Å². The highest BCUT2D eigenvalue weighted by Crippen LogP contribution is 2.10. The van der Waals surface area contributed by atoms with Gasteiger partial charge in [-0.05, 0) is 18.8 Å². The zero-order valence-corrected chi connectivity index (χ0v) is 14.3. The molecule has 0 bridgehead atoms. The summed E-state index contributed by atoms with van der Waals surface area (Å²) in [7, 11) is 3.62. The second kappa shape index (κ2) is 10.9. The Morgan fingerprint density at radius 3 is 2.48 bits per heavy atom. The van der Waals surface area contributed by atoms with Crippen LogP contribution < -0.4 is 10.6 Å². The highest BCUT2D eigenvalue weighted by atomic mass is 16.5. The lowest BCUT2D eigenvalue weighted by Crippen LogP contribution is -2.49. The molecule has 1 rings (SSSR count). The molecule has 0 atom stereocenters. The molecule has 1 fully saturated rings. The van der Waals surface area contributed by atoms with E-state index in [0.29, 0.717) is 6.04 Å². The maximum Gasteiger partial charge on any atom is 0.191 e. The molecule has 0 aromatic rings. The van der Waals surface area contributed by atoms with Crippen molar-refractivity contribution in [1.29, 1.82) is 0 Å². The minimum Gasteiger partial charge on any atom is -0.383 e. The van der Waals surface area contributed by atoms with E-state index in [0.717, 1.165) is 44.7 Å². The molecule has 0 aliphatic carbocycles. The molecule has 0 amide bonds. The summed E-state index contributed by atoms with van der Waals surface area (Å²) in [5, 5.41) is 7.04. The molecule has 0 unspecified atom stereocenters. The SMILES string of the molecule is CCC(CC)CNC(=NC)NC1CCN(CCOC)CC1. The van der Waals surface area contributed by atoms with Crippen molar-refractivity contribution >= 4 is 5.96 Å². The Balaban J connectivity index is 2.26. The van der Waals surface area contributed by atoms with Crippen LogP contribution in [0.1, 0.15) is 39.5 Å². The lowest BCUT2D eigenvalue weighted by Gasteiger charge is -2.33. The summed E-state index contributed by atoms with van der Waals surface area (Å²) in [5.41, 5.74) is 0. The van der Waals surface area contributed by atoms with Crippen molar-refractivity contribution in [2.75, 3.05) is 46.9 Å². The monoisotopic (exact) mass is 298 g/mol. The van der Waals surface area contributed by atoms with Gasteiger partial charge in [0.25, 0.3) is 0 Å². The number of guanidine groups is 1. The summed E-state index contributed by atoms with van der Waals surface area (Å²) in [6, 6.07) is 0.539. The second-order valence-electron chi connectivity index (χ2n) is 5.89. The van der Waals surface area contributed by atoms with E-state index in [1.54, 1.807) is 7.11 Å². The molecule has 0 aromatic carbocycles. The Labute approximate surface area is 130 Å². The molecule has 5 nitrogen and oxygen atoms in total. The number of likely N-dealkylation sites (tertiary alicyclic amines) is 1. The molecule has 0 aromatic heterocycles. The third kappa shape index (κ3) is 7.14. The number of piperidine rings is 1. The van der Waals surface area contributed by atoms with Gasteiger partial charge in [0.05, 0.1) is 6.61 Å². The van der Waals surface area contributed by atoms with Crippen LogP contribution in [0.2, 0.25) is 0 Å². The first-order valence-corrected chi connectivity index (χ1v) is 8.41. The Morgan fingerprint density at radius 2 is 1.95 bits per heavy atom. The van der Waals surface area contributed by atoms with Crippen molar-refractivity contribution < 1.29 is 4.74 Å². The zero-order chi connectivity index (χ0) is 15.5. The molecule has 21 heavy (non-hydrogen) atoms. The van der Waals surface area contributed by atoms with E-state index in [-0.39, 0.29) is 0 Å². The van der Waals surface area contributed by atoms with Crippen LogP contribution in [-0.4, -0.2) is 63.8 Å². The van der Waals surface area contributed by atoms with Gasteiger partial charge >= 0.3 is 0 Å². The van der Waals surface area contributed by atoms with Gasteiger partial charge in [0.2, 0.25) is 0 Å². The van der Waals surface area contributed by atoms with E-state index >= 15 is 0 Å². The van der Waals surface area contributed by atoms with Gasteiger partial charge in [-0.15, -0.1) is 0 Å². The number of methoxy groups -OCH3 is 1. The van der Waals surface area contributed by atoms with Crippen LogP contribution in [0.4, 0.5) is 0 Å². The highest BCUT2D eigenvalue weighted by Gasteiger charge is 2.19. The fourth-order valence-corrected chi connectivity index (χ4v) is 2.73. The van der Waals surface area contributed by atoms with Crippen molar-refractivity contribution in [3.05, 3.63) is 0 Å². The van der Waals surface area contributed by atoms with Crippen LogP contribution >= 0.6 is 0 Å². The van der Waals surface area contributed by atoms with Crippen LogP contribution in [0, 0.1) is 5.92 Å². The predicted molar refractivity (Wildman–Crippen MR) is 89.9 cm³/mol. The van der Waals surface area contributed by atoms with E-state index in [9.17, 15) is 0 Å². The van der Waals surface area contributed by atoms with Crippen LogP contribution in [0.3, 0.4) is 0 Å². The van der Waals surface area contributed by atoms with Crippen LogP contribution in [0.25, 0.3) is 0 Å². The minimum atomic E-state index is 0.539. The fourth-order valence-electron chi connectivity index (χ4n) is 2.73. The lowest BCUT2D eigenvalue weighted by atomic mass is 10.0. The van der Waals surface area contributed by atoms with Gasteiger partial charge < -0.3 is 20.3 Å². The maximum atomic E-state index is 5.14. The van der Waals surface area contributed by atoms with Crippen molar-refractivity contribution in [2.24, 2.45) is 10.9 Å². The van der Waals surface area contributed by atoms with Crippen LogP contribution in [-0.2, 0) is 4.74 Å². The third-order valence-electron chi connectivity index (χ3n) is 4.48. The molecule has 1 aliphatic heterocycles. The summed E-state index contributed by atoms with van der Waals surface area (Å²) in [6.07, 6.45) is 4.79. The Kier molecular flexibility index (Phi) is 9.42. The summed E-state index contributed by atoms with van der Waals surface area (Å²) >= 11 is 0. The van der Waals surface area contributed by atoms with Crippen LogP contribution in [0.15, 0.2) is 4.99 Å². The smallest absolute Gasteiger partial charge is 0.191 e. The van der Waals surface area contributed by atoms with Crippen LogP contribution in [0.5, 0.6) is 0 Å². The summed E-state index contributed by atoms with van der Waals surface area (Å²) < 4.78 is 5.14. The van der Waals surface area contributed by atoms with Crippen molar-refractivity contribution in [3.8, 4) is 0 Å². The van der Waals surface area contributed by atoms with Gasteiger partial charge in [-0.25, -0.2) is 0 Å². The molecule has 0 saturated carbocycles. The molecule has 1 aliphatic rings. The first kappa shape index (κ1) is 18.2.